The summed E-state index contributed by atoms with van der Waals surface area (Å²) in [6, 6.07) is 1.56. The molecule has 0 radical (unpaired) electrons. The summed E-state index contributed by atoms with van der Waals surface area (Å²) in [5.74, 6) is 0.420. The Kier molecular flexibility index (Phi) is 2.87. The molecule has 1 rings (SSSR count). The number of nitrogens with zero attached hydrogens (tertiary/aromatic N) is 1. The standard InChI is InChI=1S/C8H13N3OS/c1-3-5(2)11-6(9)4-7(12)10-8(11)13/h4-5H,3,9H2,1-2H3,(H,10,12,13)/t5-/m1/s1. The highest BCUT2D eigenvalue weighted by Gasteiger charge is 2.05. The van der Waals surface area contributed by atoms with Gasteiger partial charge in [0.15, 0.2) is 4.77 Å². The van der Waals surface area contributed by atoms with Crippen molar-refractivity contribution in [1.82, 2.24) is 9.55 Å². The lowest BCUT2D eigenvalue weighted by molar-refractivity contribution is 0.520. The molecule has 0 spiro atoms. The van der Waals surface area contributed by atoms with Crippen molar-refractivity contribution < 1.29 is 0 Å². The van der Waals surface area contributed by atoms with E-state index in [-0.39, 0.29) is 11.6 Å². The predicted octanol–water partition coefficient (Wildman–Crippen LogP) is 1.46. The summed E-state index contributed by atoms with van der Waals surface area (Å²) < 4.78 is 2.14. The number of aromatic nitrogens is 2. The van der Waals surface area contributed by atoms with Gasteiger partial charge >= 0.3 is 0 Å². The number of anilines is 1. The highest BCUT2D eigenvalue weighted by atomic mass is 32.1. The minimum Gasteiger partial charge on any atom is -0.385 e. The molecule has 13 heavy (non-hydrogen) atoms. The fourth-order valence-electron chi connectivity index (χ4n) is 1.16. The SMILES string of the molecule is CC[C@@H](C)n1c(N)cc(=O)[nH]c1=S. The molecule has 4 nitrogen and oxygen atoms in total. The first-order valence-corrected chi connectivity index (χ1v) is 4.58. The second-order valence-electron chi connectivity index (χ2n) is 2.99. The molecule has 0 aliphatic rings. The van der Waals surface area contributed by atoms with Crippen LogP contribution in [-0.4, -0.2) is 9.55 Å². The van der Waals surface area contributed by atoms with Gasteiger partial charge in [0.25, 0.3) is 5.56 Å². The molecule has 0 fully saturated rings. The van der Waals surface area contributed by atoms with Crippen LogP contribution in [0.15, 0.2) is 10.9 Å². The van der Waals surface area contributed by atoms with Crippen molar-refractivity contribution in [2.24, 2.45) is 0 Å². The summed E-state index contributed by atoms with van der Waals surface area (Å²) in [4.78, 5) is 13.5. The Hall–Kier alpha value is -1.10. The van der Waals surface area contributed by atoms with Gasteiger partial charge in [-0.25, -0.2) is 0 Å². The Morgan fingerprint density at radius 2 is 2.38 bits per heavy atom. The van der Waals surface area contributed by atoms with Crippen LogP contribution in [0.1, 0.15) is 26.3 Å². The second kappa shape index (κ2) is 3.74. The van der Waals surface area contributed by atoms with Gasteiger partial charge in [0.2, 0.25) is 0 Å². The molecule has 72 valence electrons. The van der Waals surface area contributed by atoms with Crippen LogP contribution >= 0.6 is 12.2 Å². The average Bonchev–Trinajstić information content (AvgIpc) is 2.02. The quantitative estimate of drug-likeness (QED) is 0.709. The Morgan fingerprint density at radius 1 is 1.77 bits per heavy atom. The van der Waals surface area contributed by atoms with Gasteiger partial charge in [0.1, 0.15) is 5.82 Å². The molecule has 5 heteroatoms. The van der Waals surface area contributed by atoms with Crippen molar-refractivity contribution in [1.29, 1.82) is 0 Å². The van der Waals surface area contributed by atoms with E-state index < -0.39 is 0 Å². The molecule has 0 amide bonds. The molecule has 0 aliphatic carbocycles. The molecule has 1 aromatic rings. The monoisotopic (exact) mass is 199 g/mol. The summed E-state index contributed by atoms with van der Waals surface area (Å²) in [7, 11) is 0. The molecule has 0 unspecified atom stereocenters. The van der Waals surface area contributed by atoms with Gasteiger partial charge in [-0.05, 0) is 25.6 Å². The summed E-state index contributed by atoms with van der Waals surface area (Å²) in [6.45, 7) is 4.04. The zero-order chi connectivity index (χ0) is 10.0. The molecule has 1 heterocycles. The average molecular weight is 199 g/mol. The van der Waals surface area contributed by atoms with Crippen LogP contribution in [0.5, 0.6) is 0 Å². The van der Waals surface area contributed by atoms with Crippen molar-refractivity contribution in [2.75, 3.05) is 5.73 Å². The molecular formula is C8H13N3OS. The van der Waals surface area contributed by atoms with Gasteiger partial charge in [0.05, 0.1) is 0 Å². The number of nitrogen functional groups attached to an aromatic ring is 1. The first-order valence-electron chi connectivity index (χ1n) is 4.17. The third-order valence-corrected chi connectivity index (χ3v) is 2.34. The lowest BCUT2D eigenvalue weighted by atomic mass is 10.2. The number of hydrogen-bond acceptors (Lipinski definition) is 3. The number of H-pyrrole nitrogens is 1. The number of nitrogens with two attached hydrogens (primary N) is 1. The smallest absolute Gasteiger partial charge is 0.253 e. The van der Waals surface area contributed by atoms with E-state index in [0.29, 0.717) is 10.6 Å². The zero-order valence-electron chi connectivity index (χ0n) is 7.70. The molecule has 0 bridgehead atoms. The Labute approximate surface area is 81.4 Å². The van der Waals surface area contributed by atoms with E-state index >= 15 is 0 Å². The van der Waals surface area contributed by atoms with Crippen molar-refractivity contribution in [2.45, 2.75) is 26.3 Å². The van der Waals surface area contributed by atoms with Gasteiger partial charge in [-0.2, -0.15) is 0 Å². The Morgan fingerprint density at radius 3 is 2.85 bits per heavy atom. The van der Waals surface area contributed by atoms with Crippen molar-refractivity contribution in [3.8, 4) is 0 Å². The third-order valence-electron chi connectivity index (χ3n) is 2.04. The number of aromatic amines is 1. The minimum absolute atomic E-state index is 0.212. The first kappa shape index (κ1) is 9.98. The van der Waals surface area contributed by atoms with Gasteiger partial charge in [-0.15, -0.1) is 0 Å². The van der Waals surface area contributed by atoms with Crippen LogP contribution in [0.3, 0.4) is 0 Å². The molecule has 0 aromatic carbocycles. The van der Waals surface area contributed by atoms with Crippen LogP contribution in [-0.2, 0) is 0 Å². The lowest BCUT2D eigenvalue weighted by Crippen LogP contribution is -2.18. The Balaban J connectivity index is 3.37. The minimum atomic E-state index is -0.248. The van der Waals surface area contributed by atoms with Crippen LogP contribution in [0.4, 0.5) is 5.82 Å². The Bertz CT molecular complexity index is 407. The van der Waals surface area contributed by atoms with Gasteiger partial charge < -0.3 is 10.3 Å². The summed E-state index contributed by atoms with van der Waals surface area (Å²) in [5.41, 5.74) is 5.43. The van der Waals surface area contributed by atoms with E-state index in [0.717, 1.165) is 6.42 Å². The normalized spacial score (nSPS) is 12.8. The molecule has 0 aliphatic heterocycles. The second-order valence-corrected chi connectivity index (χ2v) is 3.38. The van der Waals surface area contributed by atoms with Crippen molar-refractivity contribution in [3.05, 3.63) is 21.2 Å². The zero-order valence-corrected chi connectivity index (χ0v) is 8.52. The van der Waals surface area contributed by atoms with Crippen LogP contribution in [0, 0.1) is 4.77 Å². The van der Waals surface area contributed by atoms with E-state index in [9.17, 15) is 4.79 Å². The van der Waals surface area contributed by atoms with Gasteiger partial charge in [-0.1, -0.05) is 6.92 Å². The summed E-state index contributed by atoms with van der Waals surface area (Å²) >= 11 is 5.00. The number of nitrogens with one attached hydrogen (secondary N) is 1. The highest BCUT2D eigenvalue weighted by Crippen LogP contribution is 2.13. The van der Waals surface area contributed by atoms with Crippen LogP contribution < -0.4 is 11.3 Å². The topological polar surface area (TPSA) is 63.8 Å². The van der Waals surface area contributed by atoms with E-state index in [1.54, 1.807) is 4.57 Å². The maximum Gasteiger partial charge on any atom is 0.253 e. The van der Waals surface area contributed by atoms with E-state index in [1.807, 2.05) is 13.8 Å². The van der Waals surface area contributed by atoms with Gasteiger partial charge in [-0.3, -0.25) is 9.78 Å². The number of hydrogen-bond donors (Lipinski definition) is 2. The van der Waals surface area contributed by atoms with Crippen molar-refractivity contribution in [3.63, 3.8) is 0 Å². The lowest BCUT2D eigenvalue weighted by Gasteiger charge is -2.15. The predicted molar refractivity (Wildman–Crippen MR) is 55.3 cm³/mol. The largest absolute Gasteiger partial charge is 0.385 e. The molecule has 0 saturated carbocycles. The third kappa shape index (κ3) is 1.98. The van der Waals surface area contributed by atoms with Crippen LogP contribution in [0.2, 0.25) is 0 Å². The van der Waals surface area contributed by atoms with E-state index in [1.165, 1.54) is 6.07 Å². The van der Waals surface area contributed by atoms with E-state index in [2.05, 4.69) is 4.98 Å². The van der Waals surface area contributed by atoms with Crippen LogP contribution in [0.25, 0.3) is 0 Å². The fourth-order valence-corrected chi connectivity index (χ4v) is 1.55. The molecular weight excluding hydrogens is 186 g/mol. The number of rotatable bonds is 2. The summed E-state index contributed by atoms with van der Waals surface area (Å²) in [6.07, 6.45) is 0.921. The maximum absolute atomic E-state index is 11.0. The molecule has 1 aromatic heterocycles. The van der Waals surface area contributed by atoms with E-state index in [4.69, 9.17) is 18.0 Å². The maximum atomic E-state index is 11.0. The molecule has 3 N–H and O–H groups in total. The molecule has 0 saturated heterocycles. The summed E-state index contributed by atoms with van der Waals surface area (Å²) in [5, 5.41) is 0. The first-order chi connectivity index (χ1) is 6.06. The van der Waals surface area contributed by atoms with Crippen molar-refractivity contribution >= 4 is 18.0 Å². The van der Waals surface area contributed by atoms with Gasteiger partial charge in [0, 0.05) is 12.1 Å². The fraction of sp³-hybridized carbons (Fsp3) is 0.500. The molecule has 1 atom stereocenters. The highest BCUT2D eigenvalue weighted by molar-refractivity contribution is 7.71.